The maximum absolute atomic E-state index is 12.6. The standard InChI is InChI=1S/C20H24N2O3/c1-20(25)10-12-22(14-16(20)13-15-7-4-3-5-8-15)19(24)18(23)17-9-6-11-21(17)2/h3-9,11,16,25H,10,12-14H2,1-2H3/t16-,20+/m1/s1. The number of aromatic nitrogens is 1. The molecule has 0 spiro atoms. The number of carbonyl (C=O) groups is 2. The molecule has 5 heteroatoms. The van der Waals surface area contributed by atoms with Crippen molar-refractivity contribution in [3.05, 3.63) is 59.9 Å². The number of ketones is 1. The first-order valence-electron chi connectivity index (χ1n) is 8.60. The second-order valence-corrected chi connectivity index (χ2v) is 7.08. The lowest BCUT2D eigenvalue weighted by molar-refractivity contribution is -0.134. The lowest BCUT2D eigenvalue weighted by atomic mass is 9.78. The molecule has 1 amide bonds. The van der Waals surface area contributed by atoms with Crippen LogP contribution in [0.2, 0.25) is 0 Å². The van der Waals surface area contributed by atoms with Crippen molar-refractivity contribution >= 4 is 11.7 Å². The molecule has 1 aromatic carbocycles. The van der Waals surface area contributed by atoms with E-state index in [1.807, 2.05) is 37.3 Å². The first-order valence-corrected chi connectivity index (χ1v) is 8.60. The molecule has 3 rings (SSSR count). The lowest BCUT2D eigenvalue weighted by Gasteiger charge is -2.42. The van der Waals surface area contributed by atoms with Crippen molar-refractivity contribution in [2.75, 3.05) is 13.1 Å². The summed E-state index contributed by atoms with van der Waals surface area (Å²) < 4.78 is 1.65. The second-order valence-electron chi connectivity index (χ2n) is 7.08. The Kier molecular flexibility index (Phi) is 4.77. The number of aryl methyl sites for hydroxylation is 1. The van der Waals surface area contributed by atoms with Crippen LogP contribution in [0.25, 0.3) is 0 Å². The predicted molar refractivity (Wildman–Crippen MR) is 95.2 cm³/mol. The van der Waals surface area contributed by atoms with E-state index in [1.165, 1.54) is 0 Å². The van der Waals surface area contributed by atoms with Crippen molar-refractivity contribution in [2.24, 2.45) is 13.0 Å². The van der Waals surface area contributed by atoms with E-state index < -0.39 is 17.3 Å². The van der Waals surface area contributed by atoms with Crippen LogP contribution in [0.15, 0.2) is 48.7 Å². The fraction of sp³-hybridized carbons (Fsp3) is 0.400. The number of Topliss-reactive ketones (excluding diaryl/α,β-unsaturated/α-hetero) is 1. The Morgan fingerprint density at radius 2 is 1.92 bits per heavy atom. The van der Waals surface area contributed by atoms with Crippen LogP contribution in [0.4, 0.5) is 0 Å². The first kappa shape index (κ1) is 17.4. The van der Waals surface area contributed by atoms with Crippen LogP contribution in [0.1, 0.15) is 29.4 Å². The molecule has 1 aromatic heterocycles. The molecule has 2 atom stereocenters. The van der Waals surface area contributed by atoms with Crippen molar-refractivity contribution in [1.29, 1.82) is 0 Å². The Hall–Kier alpha value is -2.40. The van der Waals surface area contributed by atoms with Gasteiger partial charge in [-0.1, -0.05) is 30.3 Å². The average molecular weight is 340 g/mol. The van der Waals surface area contributed by atoms with Crippen LogP contribution in [-0.4, -0.2) is 45.0 Å². The van der Waals surface area contributed by atoms with E-state index in [0.717, 1.165) is 5.56 Å². The molecule has 0 radical (unpaired) electrons. The molecule has 0 bridgehead atoms. The van der Waals surface area contributed by atoms with E-state index in [0.29, 0.717) is 31.6 Å². The highest BCUT2D eigenvalue weighted by molar-refractivity contribution is 6.42. The van der Waals surface area contributed by atoms with Crippen molar-refractivity contribution < 1.29 is 14.7 Å². The number of likely N-dealkylation sites (tertiary alicyclic amines) is 1. The number of rotatable bonds is 4. The van der Waals surface area contributed by atoms with Crippen LogP contribution in [0, 0.1) is 5.92 Å². The summed E-state index contributed by atoms with van der Waals surface area (Å²) >= 11 is 0. The van der Waals surface area contributed by atoms with E-state index in [2.05, 4.69) is 0 Å². The zero-order valence-corrected chi connectivity index (χ0v) is 14.7. The monoisotopic (exact) mass is 340 g/mol. The lowest BCUT2D eigenvalue weighted by Crippen LogP contribution is -2.54. The summed E-state index contributed by atoms with van der Waals surface area (Å²) in [5.41, 5.74) is 0.665. The fourth-order valence-corrected chi connectivity index (χ4v) is 3.44. The molecule has 1 saturated heterocycles. The smallest absolute Gasteiger partial charge is 0.296 e. The highest BCUT2D eigenvalue weighted by Crippen LogP contribution is 2.30. The van der Waals surface area contributed by atoms with Crippen LogP contribution in [0.3, 0.4) is 0 Å². The molecule has 1 N–H and O–H groups in total. The number of nitrogens with zero attached hydrogens (tertiary/aromatic N) is 2. The van der Waals surface area contributed by atoms with Crippen LogP contribution in [0.5, 0.6) is 0 Å². The summed E-state index contributed by atoms with van der Waals surface area (Å²) in [6, 6.07) is 13.3. The number of carbonyl (C=O) groups excluding carboxylic acids is 2. The third-order valence-corrected chi connectivity index (χ3v) is 5.19. The van der Waals surface area contributed by atoms with Gasteiger partial charge >= 0.3 is 0 Å². The molecule has 2 heterocycles. The number of aliphatic hydroxyl groups is 1. The molecule has 0 saturated carbocycles. The topological polar surface area (TPSA) is 62.5 Å². The van der Waals surface area contributed by atoms with Crippen LogP contribution >= 0.6 is 0 Å². The van der Waals surface area contributed by atoms with E-state index in [9.17, 15) is 14.7 Å². The third-order valence-electron chi connectivity index (χ3n) is 5.19. The highest BCUT2D eigenvalue weighted by atomic mass is 16.3. The number of hydrogen-bond donors (Lipinski definition) is 1. The van der Waals surface area contributed by atoms with Crippen molar-refractivity contribution in [1.82, 2.24) is 9.47 Å². The molecule has 0 aliphatic carbocycles. The molecule has 0 unspecified atom stereocenters. The van der Waals surface area contributed by atoms with Crippen LogP contribution < -0.4 is 0 Å². The summed E-state index contributed by atoms with van der Waals surface area (Å²) in [5, 5.41) is 10.7. The van der Waals surface area contributed by atoms with Gasteiger partial charge in [0, 0.05) is 32.3 Å². The normalized spacial score (nSPS) is 23.5. The molecule has 132 valence electrons. The average Bonchev–Trinajstić information content (AvgIpc) is 3.02. The Bertz CT molecular complexity index is 764. The fourth-order valence-electron chi connectivity index (χ4n) is 3.44. The van der Waals surface area contributed by atoms with Crippen molar-refractivity contribution in [3.63, 3.8) is 0 Å². The number of piperidine rings is 1. The molecular weight excluding hydrogens is 316 g/mol. The maximum Gasteiger partial charge on any atom is 0.296 e. The maximum atomic E-state index is 12.6. The van der Waals surface area contributed by atoms with E-state index in [4.69, 9.17) is 0 Å². The van der Waals surface area contributed by atoms with Gasteiger partial charge in [-0.05, 0) is 37.5 Å². The minimum absolute atomic E-state index is 0.103. The Morgan fingerprint density at radius 3 is 2.56 bits per heavy atom. The predicted octanol–water partition coefficient (Wildman–Crippen LogP) is 2.05. The molecule has 1 aliphatic rings. The summed E-state index contributed by atoms with van der Waals surface area (Å²) in [4.78, 5) is 26.7. The van der Waals surface area contributed by atoms with Gasteiger partial charge in [0.25, 0.3) is 11.7 Å². The van der Waals surface area contributed by atoms with E-state index in [-0.39, 0.29) is 5.92 Å². The first-order chi connectivity index (χ1) is 11.9. The molecule has 1 aliphatic heterocycles. The molecule has 25 heavy (non-hydrogen) atoms. The Balaban J connectivity index is 1.74. The Labute approximate surface area is 147 Å². The van der Waals surface area contributed by atoms with Gasteiger partial charge in [0.05, 0.1) is 11.3 Å². The van der Waals surface area contributed by atoms with Gasteiger partial charge in [-0.25, -0.2) is 0 Å². The number of amides is 1. The minimum atomic E-state index is -0.847. The quantitative estimate of drug-likeness (QED) is 0.684. The van der Waals surface area contributed by atoms with Gasteiger partial charge in [-0.3, -0.25) is 9.59 Å². The van der Waals surface area contributed by atoms with Gasteiger partial charge in [-0.2, -0.15) is 0 Å². The largest absolute Gasteiger partial charge is 0.390 e. The van der Waals surface area contributed by atoms with E-state index in [1.54, 1.807) is 34.8 Å². The molecule has 1 fully saturated rings. The van der Waals surface area contributed by atoms with Gasteiger partial charge in [0.15, 0.2) is 0 Å². The summed E-state index contributed by atoms with van der Waals surface area (Å²) in [6.45, 7) is 2.60. The number of hydrogen-bond acceptors (Lipinski definition) is 3. The van der Waals surface area contributed by atoms with Gasteiger partial charge < -0.3 is 14.6 Å². The summed E-state index contributed by atoms with van der Waals surface area (Å²) in [5.74, 6) is -1.09. The van der Waals surface area contributed by atoms with Gasteiger partial charge in [0.1, 0.15) is 0 Å². The minimum Gasteiger partial charge on any atom is -0.390 e. The zero-order valence-electron chi connectivity index (χ0n) is 14.7. The van der Waals surface area contributed by atoms with Crippen molar-refractivity contribution in [3.8, 4) is 0 Å². The second kappa shape index (κ2) is 6.84. The molecule has 5 nitrogen and oxygen atoms in total. The third kappa shape index (κ3) is 3.66. The SMILES string of the molecule is Cn1cccc1C(=O)C(=O)N1CC[C@](C)(O)[C@H](Cc2ccccc2)C1. The summed E-state index contributed by atoms with van der Waals surface area (Å²) in [6.07, 6.45) is 2.90. The zero-order chi connectivity index (χ0) is 18.0. The highest BCUT2D eigenvalue weighted by Gasteiger charge is 2.40. The van der Waals surface area contributed by atoms with Gasteiger partial charge in [0.2, 0.25) is 0 Å². The molecular formula is C20H24N2O3. The summed E-state index contributed by atoms with van der Waals surface area (Å²) in [7, 11) is 1.75. The van der Waals surface area contributed by atoms with Gasteiger partial charge in [-0.15, -0.1) is 0 Å². The molecule has 2 aromatic rings. The number of benzene rings is 1. The van der Waals surface area contributed by atoms with Crippen LogP contribution in [-0.2, 0) is 18.3 Å². The van der Waals surface area contributed by atoms with E-state index >= 15 is 0 Å². The van der Waals surface area contributed by atoms with Crippen molar-refractivity contribution in [2.45, 2.75) is 25.4 Å². The Morgan fingerprint density at radius 1 is 1.20 bits per heavy atom.